The van der Waals surface area contributed by atoms with Crippen molar-refractivity contribution in [2.45, 2.75) is 32.2 Å². The molecule has 0 N–H and O–H groups in total. The molecule has 0 bridgehead atoms. The number of amides is 2. The molecule has 2 aromatic rings. The van der Waals surface area contributed by atoms with Crippen LogP contribution in [-0.2, 0) is 16.1 Å². The molecule has 0 radical (unpaired) electrons. The fourth-order valence-electron chi connectivity index (χ4n) is 4.68. The molecule has 8 nitrogen and oxygen atoms in total. The molecule has 0 aromatic carbocycles. The standard InChI is InChI=1S/C20H25N5O3S/c26-19-14-4-1-2-5-15(14)20(27)25(19)13-24-9-7-23(8-10-24)12-17-21-18(22-28-17)16-6-3-11-29-16/h3,6,11,14-15H,1-2,4-5,7-10,12-13H2/t14-,15-/m1/s1. The van der Waals surface area contributed by atoms with Crippen molar-refractivity contribution >= 4 is 23.2 Å². The van der Waals surface area contributed by atoms with Crippen LogP contribution in [0.2, 0.25) is 0 Å². The van der Waals surface area contributed by atoms with Gasteiger partial charge in [-0.3, -0.25) is 24.3 Å². The van der Waals surface area contributed by atoms with Crippen molar-refractivity contribution in [3.05, 3.63) is 23.4 Å². The highest BCUT2D eigenvalue weighted by Gasteiger charge is 2.48. The first kappa shape index (κ1) is 18.9. The number of hydrogen-bond acceptors (Lipinski definition) is 8. The molecule has 2 aromatic heterocycles. The first-order chi connectivity index (χ1) is 14.2. The van der Waals surface area contributed by atoms with Crippen molar-refractivity contribution in [1.82, 2.24) is 24.8 Å². The van der Waals surface area contributed by atoms with E-state index in [-0.39, 0.29) is 23.7 Å². The van der Waals surface area contributed by atoms with Gasteiger partial charge in [0.15, 0.2) is 0 Å². The third-order valence-corrected chi connectivity index (χ3v) is 7.17. The average Bonchev–Trinajstić information content (AvgIpc) is 3.48. The van der Waals surface area contributed by atoms with E-state index in [2.05, 4.69) is 19.9 Å². The molecule has 4 heterocycles. The Morgan fingerprint density at radius 2 is 1.72 bits per heavy atom. The monoisotopic (exact) mass is 415 g/mol. The van der Waals surface area contributed by atoms with Crippen LogP contribution in [0.25, 0.3) is 10.7 Å². The highest BCUT2D eigenvalue weighted by atomic mass is 32.1. The zero-order valence-electron chi connectivity index (χ0n) is 16.3. The number of hydrogen-bond donors (Lipinski definition) is 0. The summed E-state index contributed by atoms with van der Waals surface area (Å²) in [4.78, 5) is 36.8. The van der Waals surface area contributed by atoms with Crippen LogP contribution in [-0.4, -0.2) is 69.5 Å². The zero-order chi connectivity index (χ0) is 19.8. The number of nitrogens with zero attached hydrogens (tertiary/aromatic N) is 5. The minimum atomic E-state index is -0.0624. The fraction of sp³-hybridized carbons (Fsp3) is 0.600. The van der Waals surface area contributed by atoms with Gasteiger partial charge in [-0.15, -0.1) is 11.3 Å². The van der Waals surface area contributed by atoms with Crippen molar-refractivity contribution < 1.29 is 14.1 Å². The van der Waals surface area contributed by atoms with Gasteiger partial charge in [0.05, 0.1) is 29.9 Å². The SMILES string of the molecule is O=C1[C@@H]2CCCC[C@H]2C(=O)N1CN1CCN(Cc2nc(-c3cccs3)no2)CC1. The zero-order valence-corrected chi connectivity index (χ0v) is 17.1. The molecule has 29 heavy (non-hydrogen) atoms. The predicted octanol–water partition coefficient (Wildman–Crippen LogP) is 2.05. The average molecular weight is 416 g/mol. The molecule has 5 rings (SSSR count). The van der Waals surface area contributed by atoms with E-state index in [4.69, 9.17) is 4.52 Å². The Hall–Kier alpha value is -2.10. The number of likely N-dealkylation sites (tertiary alicyclic amines) is 1. The first-order valence-electron chi connectivity index (χ1n) is 10.4. The normalized spacial score (nSPS) is 26.3. The van der Waals surface area contributed by atoms with E-state index >= 15 is 0 Å². The molecule has 3 fully saturated rings. The van der Waals surface area contributed by atoms with Gasteiger partial charge in [0.25, 0.3) is 0 Å². The Kier molecular flexibility index (Phi) is 5.19. The number of carbonyl (C=O) groups is 2. The summed E-state index contributed by atoms with van der Waals surface area (Å²) in [5.41, 5.74) is 0. The molecule has 2 atom stereocenters. The van der Waals surface area contributed by atoms with Gasteiger partial charge >= 0.3 is 0 Å². The summed E-state index contributed by atoms with van der Waals surface area (Å²) in [7, 11) is 0. The fourth-order valence-corrected chi connectivity index (χ4v) is 5.32. The van der Waals surface area contributed by atoms with E-state index in [9.17, 15) is 9.59 Å². The summed E-state index contributed by atoms with van der Waals surface area (Å²) in [6.07, 6.45) is 3.88. The molecule has 154 valence electrons. The molecule has 2 saturated heterocycles. The molecular formula is C20H25N5O3S. The topological polar surface area (TPSA) is 82.8 Å². The molecule has 0 unspecified atom stereocenters. The van der Waals surface area contributed by atoms with E-state index in [0.717, 1.165) is 56.7 Å². The van der Waals surface area contributed by atoms with Gasteiger partial charge in [0, 0.05) is 26.2 Å². The molecule has 1 saturated carbocycles. The largest absolute Gasteiger partial charge is 0.338 e. The number of rotatable bonds is 5. The Morgan fingerprint density at radius 1 is 1.03 bits per heavy atom. The minimum absolute atomic E-state index is 0.0501. The van der Waals surface area contributed by atoms with Gasteiger partial charge in [-0.1, -0.05) is 24.1 Å². The highest BCUT2D eigenvalue weighted by Crippen LogP contribution is 2.38. The summed E-state index contributed by atoms with van der Waals surface area (Å²) in [5, 5.41) is 6.06. The van der Waals surface area contributed by atoms with Crippen molar-refractivity contribution in [3.63, 3.8) is 0 Å². The van der Waals surface area contributed by atoms with Crippen LogP contribution in [0.15, 0.2) is 22.0 Å². The second-order valence-electron chi connectivity index (χ2n) is 8.13. The third kappa shape index (κ3) is 3.74. The lowest BCUT2D eigenvalue weighted by Crippen LogP contribution is -2.51. The molecule has 3 aliphatic rings. The lowest BCUT2D eigenvalue weighted by atomic mass is 9.81. The Bertz CT molecular complexity index is 851. The smallest absolute Gasteiger partial charge is 0.241 e. The second-order valence-corrected chi connectivity index (χ2v) is 9.07. The van der Waals surface area contributed by atoms with Gasteiger partial charge in [0.1, 0.15) is 0 Å². The minimum Gasteiger partial charge on any atom is -0.338 e. The van der Waals surface area contributed by atoms with Crippen LogP contribution in [0.5, 0.6) is 0 Å². The molecule has 1 aliphatic carbocycles. The number of fused-ring (bicyclic) bond motifs is 1. The Balaban J connectivity index is 1.13. The van der Waals surface area contributed by atoms with Crippen molar-refractivity contribution in [2.24, 2.45) is 11.8 Å². The van der Waals surface area contributed by atoms with Crippen LogP contribution in [0.3, 0.4) is 0 Å². The van der Waals surface area contributed by atoms with Crippen molar-refractivity contribution in [1.29, 1.82) is 0 Å². The van der Waals surface area contributed by atoms with E-state index in [0.29, 0.717) is 24.9 Å². The van der Waals surface area contributed by atoms with Crippen LogP contribution < -0.4 is 0 Å². The number of thiophene rings is 1. The molecular weight excluding hydrogens is 390 g/mol. The van der Waals surface area contributed by atoms with Gasteiger partial charge in [0.2, 0.25) is 23.5 Å². The maximum absolute atomic E-state index is 12.7. The van der Waals surface area contributed by atoms with Crippen molar-refractivity contribution in [2.75, 3.05) is 32.8 Å². The summed E-state index contributed by atoms with van der Waals surface area (Å²) in [6.45, 7) is 4.38. The van der Waals surface area contributed by atoms with Gasteiger partial charge in [-0.25, -0.2) is 0 Å². The molecule has 2 amide bonds. The summed E-state index contributed by atoms with van der Waals surface area (Å²) >= 11 is 1.59. The van der Waals surface area contributed by atoms with Crippen LogP contribution in [0, 0.1) is 11.8 Å². The summed E-state index contributed by atoms with van der Waals surface area (Å²) < 4.78 is 5.40. The van der Waals surface area contributed by atoms with Gasteiger partial charge in [-0.2, -0.15) is 4.98 Å². The Morgan fingerprint density at radius 3 is 2.38 bits per heavy atom. The van der Waals surface area contributed by atoms with Crippen LogP contribution in [0.4, 0.5) is 0 Å². The van der Waals surface area contributed by atoms with Gasteiger partial charge in [-0.05, 0) is 24.3 Å². The maximum atomic E-state index is 12.7. The van der Waals surface area contributed by atoms with E-state index in [1.54, 1.807) is 11.3 Å². The highest BCUT2D eigenvalue weighted by molar-refractivity contribution is 7.13. The maximum Gasteiger partial charge on any atom is 0.241 e. The quantitative estimate of drug-likeness (QED) is 0.691. The first-order valence-corrected chi connectivity index (χ1v) is 11.2. The summed E-state index contributed by atoms with van der Waals surface area (Å²) in [6, 6.07) is 3.95. The molecule has 9 heteroatoms. The van der Waals surface area contributed by atoms with E-state index in [1.165, 1.54) is 4.90 Å². The van der Waals surface area contributed by atoms with Gasteiger partial charge < -0.3 is 4.52 Å². The number of carbonyl (C=O) groups excluding carboxylic acids is 2. The molecule has 0 spiro atoms. The van der Waals surface area contributed by atoms with E-state index < -0.39 is 0 Å². The number of piperazine rings is 1. The molecule has 2 aliphatic heterocycles. The summed E-state index contributed by atoms with van der Waals surface area (Å²) in [5.74, 6) is 1.24. The Labute approximate surface area is 173 Å². The predicted molar refractivity (Wildman–Crippen MR) is 107 cm³/mol. The number of imide groups is 1. The second kappa shape index (κ2) is 7.97. The van der Waals surface area contributed by atoms with Crippen LogP contribution in [0.1, 0.15) is 31.6 Å². The lowest BCUT2D eigenvalue weighted by molar-refractivity contribution is -0.142. The van der Waals surface area contributed by atoms with Crippen molar-refractivity contribution in [3.8, 4) is 10.7 Å². The third-order valence-electron chi connectivity index (χ3n) is 6.31. The number of aromatic nitrogens is 2. The lowest BCUT2D eigenvalue weighted by Gasteiger charge is -2.35. The van der Waals surface area contributed by atoms with E-state index in [1.807, 2.05) is 17.5 Å². The van der Waals surface area contributed by atoms with Crippen LogP contribution >= 0.6 is 11.3 Å².